The summed E-state index contributed by atoms with van der Waals surface area (Å²) < 4.78 is 41.2. The molecule has 0 aliphatic carbocycles. The molecule has 0 heterocycles. The van der Waals surface area contributed by atoms with E-state index in [1.54, 1.807) is 6.92 Å². The first kappa shape index (κ1) is 16.9. The van der Waals surface area contributed by atoms with Crippen LogP contribution in [-0.4, -0.2) is 34.1 Å². The zero-order valence-corrected chi connectivity index (χ0v) is 12.8. The molecule has 0 aliphatic heterocycles. The molecular weight excluding hydrogens is 309 g/mol. The number of hydrogen-bond acceptors (Lipinski definition) is 4. The van der Waals surface area contributed by atoms with Crippen molar-refractivity contribution in [2.45, 2.75) is 24.8 Å². The van der Waals surface area contributed by atoms with Gasteiger partial charge >= 0.3 is 0 Å². The first-order chi connectivity index (χ1) is 9.16. The number of carbonyl (C=O) groups is 1. The Balaban J connectivity index is 3.09. The third-order valence-electron chi connectivity index (χ3n) is 2.70. The van der Waals surface area contributed by atoms with Crippen molar-refractivity contribution in [1.82, 2.24) is 5.32 Å². The minimum absolute atomic E-state index is 0.0198. The Kier molecular flexibility index (Phi) is 5.50. The third kappa shape index (κ3) is 4.16. The summed E-state index contributed by atoms with van der Waals surface area (Å²) in [5.74, 6) is -1.49. The van der Waals surface area contributed by atoms with E-state index in [1.165, 1.54) is 20.1 Å². The number of hydrogen-bond donors (Lipinski definition) is 1. The van der Waals surface area contributed by atoms with Gasteiger partial charge in [0.15, 0.2) is 0 Å². The van der Waals surface area contributed by atoms with Gasteiger partial charge in [0.25, 0.3) is 15.0 Å². The first-order valence-corrected chi connectivity index (χ1v) is 8.03. The van der Waals surface area contributed by atoms with Crippen molar-refractivity contribution in [3.63, 3.8) is 0 Å². The van der Waals surface area contributed by atoms with E-state index in [0.29, 0.717) is 0 Å². The van der Waals surface area contributed by atoms with Gasteiger partial charge < -0.3 is 10.1 Å². The van der Waals surface area contributed by atoms with Crippen LogP contribution < -0.4 is 5.32 Å². The largest absolute Gasteiger partial charge is 0.380 e. The molecule has 1 amide bonds. The smallest absolute Gasteiger partial charge is 0.264 e. The lowest BCUT2D eigenvalue weighted by Gasteiger charge is -2.12. The average molecular weight is 324 g/mol. The molecule has 1 unspecified atom stereocenters. The van der Waals surface area contributed by atoms with Crippen molar-refractivity contribution < 1.29 is 22.3 Å². The monoisotopic (exact) mass is 323 g/mol. The third-order valence-corrected chi connectivity index (χ3v) is 4.02. The van der Waals surface area contributed by atoms with E-state index in [2.05, 4.69) is 5.32 Å². The Morgan fingerprint density at radius 3 is 2.60 bits per heavy atom. The molecule has 0 bridgehead atoms. The van der Waals surface area contributed by atoms with Crippen LogP contribution in [0.5, 0.6) is 0 Å². The number of benzene rings is 1. The van der Waals surface area contributed by atoms with Gasteiger partial charge in [0.05, 0.1) is 6.10 Å². The predicted molar refractivity (Wildman–Crippen MR) is 73.0 cm³/mol. The molecule has 20 heavy (non-hydrogen) atoms. The highest BCUT2D eigenvalue weighted by molar-refractivity contribution is 8.13. The Morgan fingerprint density at radius 1 is 1.50 bits per heavy atom. The number of aryl methyl sites for hydroxylation is 1. The zero-order valence-electron chi connectivity index (χ0n) is 11.2. The van der Waals surface area contributed by atoms with E-state index in [4.69, 9.17) is 15.4 Å². The summed E-state index contributed by atoms with van der Waals surface area (Å²) in [6.07, 6.45) is -0.197. The normalized spacial score (nSPS) is 13.1. The lowest BCUT2D eigenvalue weighted by molar-refractivity contribution is 0.0870. The summed E-state index contributed by atoms with van der Waals surface area (Å²) in [5.41, 5.74) is 0.0445. The van der Waals surface area contributed by atoms with E-state index in [9.17, 15) is 17.6 Å². The lowest BCUT2D eigenvalue weighted by atomic mass is 10.1. The Bertz CT molecular complexity index is 618. The molecule has 0 fully saturated rings. The van der Waals surface area contributed by atoms with Crippen LogP contribution in [0.15, 0.2) is 17.0 Å². The number of amides is 1. The molecule has 0 aromatic heterocycles. The highest BCUT2D eigenvalue weighted by atomic mass is 35.7. The number of rotatable bonds is 5. The highest BCUT2D eigenvalue weighted by Gasteiger charge is 2.21. The van der Waals surface area contributed by atoms with E-state index < -0.39 is 25.7 Å². The van der Waals surface area contributed by atoms with E-state index in [-0.39, 0.29) is 23.8 Å². The molecular formula is C12H15ClFNO4S. The van der Waals surface area contributed by atoms with Crippen LogP contribution in [0.1, 0.15) is 22.8 Å². The number of halogens is 2. The summed E-state index contributed by atoms with van der Waals surface area (Å²) in [4.78, 5) is 11.2. The fourth-order valence-electron chi connectivity index (χ4n) is 1.47. The highest BCUT2D eigenvalue weighted by Crippen LogP contribution is 2.23. The molecule has 0 spiro atoms. The van der Waals surface area contributed by atoms with Gasteiger partial charge in [-0.2, -0.15) is 0 Å². The maximum atomic E-state index is 13.7. The van der Waals surface area contributed by atoms with Crippen molar-refractivity contribution in [3.05, 3.63) is 29.1 Å². The fourth-order valence-corrected chi connectivity index (χ4v) is 2.45. The van der Waals surface area contributed by atoms with Crippen molar-refractivity contribution >= 4 is 25.6 Å². The standard InChI is InChI=1S/C12H15ClFNO4S/c1-7-4-9(12(16)15-6-8(2)19-3)5-10(11(7)14)20(13,17)18/h4-5,8H,6H2,1-3H3,(H,15,16). The summed E-state index contributed by atoms with van der Waals surface area (Å²) in [5, 5.41) is 2.55. The van der Waals surface area contributed by atoms with Gasteiger partial charge in [-0.15, -0.1) is 0 Å². The summed E-state index contributed by atoms with van der Waals surface area (Å²) in [6, 6.07) is 2.17. The van der Waals surface area contributed by atoms with E-state index in [0.717, 1.165) is 6.07 Å². The van der Waals surface area contributed by atoms with Crippen LogP contribution in [0.2, 0.25) is 0 Å². The predicted octanol–water partition coefficient (Wildman–Crippen LogP) is 1.83. The molecule has 0 saturated heterocycles. The first-order valence-electron chi connectivity index (χ1n) is 5.72. The van der Waals surface area contributed by atoms with Crippen LogP contribution >= 0.6 is 10.7 Å². The Morgan fingerprint density at radius 2 is 2.10 bits per heavy atom. The van der Waals surface area contributed by atoms with Crippen LogP contribution in [0, 0.1) is 12.7 Å². The molecule has 1 rings (SSSR count). The van der Waals surface area contributed by atoms with Crippen molar-refractivity contribution in [1.29, 1.82) is 0 Å². The minimum atomic E-state index is -4.26. The molecule has 1 aromatic carbocycles. The molecule has 1 N–H and O–H groups in total. The Hall–Kier alpha value is -1.18. The number of ether oxygens (including phenoxy) is 1. The maximum absolute atomic E-state index is 13.7. The summed E-state index contributed by atoms with van der Waals surface area (Å²) in [7, 11) is 2.38. The van der Waals surface area contributed by atoms with Crippen LogP contribution in [0.4, 0.5) is 4.39 Å². The zero-order chi connectivity index (χ0) is 15.5. The quantitative estimate of drug-likeness (QED) is 0.839. The second-order valence-electron chi connectivity index (χ2n) is 4.30. The molecule has 112 valence electrons. The summed E-state index contributed by atoms with van der Waals surface area (Å²) >= 11 is 0. The molecule has 5 nitrogen and oxygen atoms in total. The van der Waals surface area contributed by atoms with E-state index in [1.807, 2.05) is 0 Å². The van der Waals surface area contributed by atoms with Crippen LogP contribution in [0.25, 0.3) is 0 Å². The summed E-state index contributed by atoms with van der Waals surface area (Å²) in [6.45, 7) is 3.36. The number of carbonyl (C=O) groups excluding carboxylic acids is 1. The average Bonchev–Trinajstić information content (AvgIpc) is 2.36. The molecule has 1 aromatic rings. The number of nitrogens with one attached hydrogen (secondary N) is 1. The molecule has 1 atom stereocenters. The Labute approximate surface area is 121 Å². The van der Waals surface area contributed by atoms with Gasteiger partial charge in [0.1, 0.15) is 10.7 Å². The topological polar surface area (TPSA) is 72.5 Å². The van der Waals surface area contributed by atoms with Gasteiger partial charge in [-0.3, -0.25) is 4.79 Å². The second-order valence-corrected chi connectivity index (χ2v) is 6.83. The molecule has 8 heteroatoms. The number of methoxy groups -OCH3 is 1. The SMILES string of the molecule is COC(C)CNC(=O)c1cc(C)c(F)c(S(=O)(=O)Cl)c1. The van der Waals surface area contributed by atoms with Gasteiger partial charge in [-0.25, -0.2) is 12.8 Å². The van der Waals surface area contributed by atoms with Crippen molar-refractivity contribution in [2.75, 3.05) is 13.7 Å². The van der Waals surface area contributed by atoms with Crippen LogP contribution in [0.3, 0.4) is 0 Å². The molecule has 0 radical (unpaired) electrons. The van der Waals surface area contributed by atoms with Gasteiger partial charge in [0.2, 0.25) is 0 Å². The second kappa shape index (κ2) is 6.51. The van der Waals surface area contributed by atoms with Gasteiger partial charge in [0, 0.05) is 29.9 Å². The van der Waals surface area contributed by atoms with Crippen molar-refractivity contribution in [3.8, 4) is 0 Å². The fraction of sp³-hybridized carbons (Fsp3) is 0.417. The van der Waals surface area contributed by atoms with Gasteiger partial charge in [-0.1, -0.05) is 0 Å². The molecule has 0 saturated carbocycles. The minimum Gasteiger partial charge on any atom is -0.380 e. The van der Waals surface area contributed by atoms with Crippen molar-refractivity contribution in [2.24, 2.45) is 0 Å². The maximum Gasteiger partial charge on any atom is 0.264 e. The van der Waals surface area contributed by atoms with Crippen LogP contribution in [-0.2, 0) is 13.8 Å². The van der Waals surface area contributed by atoms with E-state index >= 15 is 0 Å². The molecule has 0 aliphatic rings. The van der Waals surface area contributed by atoms with Gasteiger partial charge in [-0.05, 0) is 31.5 Å². The lowest BCUT2D eigenvalue weighted by Crippen LogP contribution is -2.31.